The summed E-state index contributed by atoms with van der Waals surface area (Å²) < 4.78 is 0. The van der Waals surface area contributed by atoms with Gasteiger partial charge < -0.3 is 14.7 Å². The van der Waals surface area contributed by atoms with Crippen molar-refractivity contribution >= 4 is 11.5 Å². The summed E-state index contributed by atoms with van der Waals surface area (Å²) in [6.07, 6.45) is 15.9. The Morgan fingerprint density at radius 1 is 1.08 bits per heavy atom. The van der Waals surface area contributed by atoms with E-state index >= 15 is 0 Å². The van der Waals surface area contributed by atoms with Crippen LogP contribution >= 0.6 is 0 Å². The Bertz CT molecular complexity index is 1430. The topological polar surface area (TPSA) is 26.8 Å². The maximum absolute atomic E-state index is 13.0. The van der Waals surface area contributed by atoms with Gasteiger partial charge in [-0.1, -0.05) is 50.4 Å². The van der Waals surface area contributed by atoms with Crippen LogP contribution in [-0.4, -0.2) is 35.7 Å². The Kier molecular flexibility index (Phi) is 5.43. The molecule has 3 aliphatic heterocycles. The standard InChI is InChI=1S/C34H37N3O/c1-21-9-5-14-29-32-33-30-24(10-6-13-27(30)35(4)34(21)32)19-25-11-7-15-28(31(25)33)36(29)18-8-12-26(38)20-37-22(2)16-17-23(37)3/h5,7,9-11,14-15,21,33H,2-3,6,8,12-13,16-20H2,1,4H3. The smallest absolute Gasteiger partial charge is 0.152 e. The molecule has 0 spiro atoms. The number of benzene rings is 1. The van der Waals surface area contributed by atoms with Gasteiger partial charge in [-0.2, -0.15) is 0 Å². The first-order valence-electron chi connectivity index (χ1n) is 14.3. The third-order valence-electron chi connectivity index (χ3n) is 9.47. The Morgan fingerprint density at radius 2 is 1.89 bits per heavy atom. The summed E-state index contributed by atoms with van der Waals surface area (Å²) in [6, 6.07) is 6.88. The lowest BCUT2D eigenvalue weighted by atomic mass is 9.64. The van der Waals surface area contributed by atoms with E-state index in [1.807, 2.05) is 4.90 Å². The van der Waals surface area contributed by atoms with Crippen LogP contribution in [0.15, 0.2) is 101 Å². The minimum absolute atomic E-state index is 0.270. The van der Waals surface area contributed by atoms with Crippen LogP contribution < -0.4 is 4.90 Å². The minimum Gasteiger partial charge on any atom is -0.350 e. The van der Waals surface area contributed by atoms with Gasteiger partial charge in [-0.3, -0.25) is 4.79 Å². The van der Waals surface area contributed by atoms with Crippen LogP contribution in [0, 0.1) is 5.92 Å². The summed E-state index contributed by atoms with van der Waals surface area (Å²) >= 11 is 0. The van der Waals surface area contributed by atoms with Crippen molar-refractivity contribution in [1.82, 2.24) is 9.80 Å². The van der Waals surface area contributed by atoms with Gasteiger partial charge in [0.15, 0.2) is 5.78 Å². The van der Waals surface area contributed by atoms with Crippen LogP contribution in [0.2, 0.25) is 0 Å². The van der Waals surface area contributed by atoms with Gasteiger partial charge in [-0.15, -0.1) is 0 Å². The number of rotatable bonds is 6. The highest BCUT2D eigenvalue weighted by Crippen LogP contribution is 2.60. The molecule has 7 rings (SSSR count). The van der Waals surface area contributed by atoms with Gasteiger partial charge in [0.1, 0.15) is 0 Å². The molecule has 0 bridgehead atoms. The van der Waals surface area contributed by atoms with Gasteiger partial charge in [-0.05, 0) is 72.9 Å². The lowest BCUT2D eigenvalue weighted by Crippen LogP contribution is -2.42. The summed E-state index contributed by atoms with van der Waals surface area (Å²) in [5.74, 6) is 0.945. The van der Waals surface area contributed by atoms with E-state index in [0.717, 1.165) is 56.5 Å². The van der Waals surface area contributed by atoms with Crippen molar-refractivity contribution < 1.29 is 4.79 Å². The van der Waals surface area contributed by atoms with Gasteiger partial charge >= 0.3 is 0 Å². The van der Waals surface area contributed by atoms with Crippen molar-refractivity contribution in [3.63, 3.8) is 0 Å². The van der Waals surface area contributed by atoms with Crippen LogP contribution in [0.5, 0.6) is 0 Å². The van der Waals surface area contributed by atoms with E-state index in [0.29, 0.717) is 24.8 Å². The molecule has 1 aromatic carbocycles. The zero-order valence-electron chi connectivity index (χ0n) is 22.7. The Labute approximate surface area is 226 Å². The number of Topliss-reactive ketones (excluding diaryl/α,β-unsaturated/α-hetero) is 1. The third kappa shape index (κ3) is 3.38. The number of ketones is 1. The number of hydrogen-bond acceptors (Lipinski definition) is 4. The second-order valence-electron chi connectivity index (χ2n) is 11.7. The highest BCUT2D eigenvalue weighted by atomic mass is 16.1. The van der Waals surface area contributed by atoms with Crippen molar-refractivity contribution in [3.05, 3.63) is 112 Å². The highest BCUT2D eigenvalue weighted by molar-refractivity contribution is 5.82. The van der Waals surface area contributed by atoms with E-state index in [1.165, 1.54) is 45.1 Å². The molecule has 3 aliphatic carbocycles. The molecule has 1 aromatic rings. The molecule has 2 atom stereocenters. The summed E-state index contributed by atoms with van der Waals surface area (Å²) in [6.45, 7) is 11.8. The number of nitrogens with zero attached hydrogens (tertiary/aromatic N) is 3. The first-order chi connectivity index (χ1) is 18.4. The van der Waals surface area contributed by atoms with Gasteiger partial charge in [0.2, 0.25) is 0 Å². The molecule has 2 unspecified atom stereocenters. The molecule has 4 heteroatoms. The average Bonchev–Trinajstić information content (AvgIpc) is 3.11. The second kappa shape index (κ2) is 8.76. The summed E-state index contributed by atoms with van der Waals surface area (Å²) in [5, 5.41) is 0. The van der Waals surface area contributed by atoms with E-state index in [2.05, 4.69) is 79.4 Å². The second-order valence-corrected chi connectivity index (χ2v) is 11.7. The zero-order valence-corrected chi connectivity index (χ0v) is 22.7. The van der Waals surface area contributed by atoms with Crippen LogP contribution in [0.3, 0.4) is 0 Å². The number of likely N-dealkylation sites (tertiary alicyclic amines) is 1. The van der Waals surface area contributed by atoms with E-state index in [4.69, 9.17) is 0 Å². The summed E-state index contributed by atoms with van der Waals surface area (Å²) in [5.41, 5.74) is 15.2. The first-order valence-corrected chi connectivity index (χ1v) is 14.3. The van der Waals surface area contributed by atoms with Crippen LogP contribution in [0.4, 0.5) is 5.69 Å². The minimum atomic E-state index is 0.270. The number of hydrogen-bond donors (Lipinski definition) is 0. The van der Waals surface area contributed by atoms with Crippen molar-refractivity contribution in [1.29, 1.82) is 0 Å². The van der Waals surface area contributed by atoms with Crippen LogP contribution in [0.25, 0.3) is 0 Å². The van der Waals surface area contributed by atoms with Crippen molar-refractivity contribution in [2.45, 2.75) is 57.8 Å². The molecule has 194 valence electrons. The molecule has 0 saturated carbocycles. The number of carbonyl (C=O) groups excluding carboxylic acids is 1. The molecule has 1 saturated heterocycles. The van der Waals surface area contributed by atoms with Crippen LogP contribution in [0.1, 0.15) is 62.5 Å². The molecule has 4 nitrogen and oxygen atoms in total. The third-order valence-corrected chi connectivity index (χ3v) is 9.47. The van der Waals surface area contributed by atoms with Crippen molar-refractivity contribution in [2.24, 2.45) is 5.92 Å². The fourth-order valence-corrected chi connectivity index (χ4v) is 7.74. The Hall–Kier alpha value is -3.53. The number of carbonyl (C=O) groups is 1. The molecule has 1 fully saturated rings. The predicted molar refractivity (Wildman–Crippen MR) is 154 cm³/mol. The van der Waals surface area contributed by atoms with Gasteiger partial charge in [0, 0.05) is 71.6 Å². The summed E-state index contributed by atoms with van der Waals surface area (Å²) in [7, 11) is 2.29. The first kappa shape index (κ1) is 23.6. The van der Waals surface area contributed by atoms with Gasteiger partial charge in [0.05, 0.1) is 6.54 Å². The predicted octanol–water partition coefficient (Wildman–Crippen LogP) is 6.88. The van der Waals surface area contributed by atoms with E-state index < -0.39 is 0 Å². The summed E-state index contributed by atoms with van der Waals surface area (Å²) in [4.78, 5) is 20.1. The van der Waals surface area contributed by atoms with E-state index in [-0.39, 0.29) is 5.78 Å². The highest BCUT2D eigenvalue weighted by Gasteiger charge is 2.47. The fraction of sp³-hybridized carbons (Fsp3) is 0.382. The number of allylic oxidation sites excluding steroid dienone is 10. The molecule has 6 aliphatic rings. The Morgan fingerprint density at radius 3 is 2.71 bits per heavy atom. The van der Waals surface area contributed by atoms with E-state index in [1.54, 1.807) is 5.57 Å². The quantitative estimate of drug-likeness (QED) is 0.423. The molecule has 0 amide bonds. The van der Waals surface area contributed by atoms with Crippen LogP contribution in [-0.2, 0) is 11.2 Å². The molecule has 3 heterocycles. The van der Waals surface area contributed by atoms with Crippen molar-refractivity contribution in [2.75, 3.05) is 25.0 Å². The molecular weight excluding hydrogens is 466 g/mol. The molecular formula is C34H37N3O. The maximum atomic E-state index is 13.0. The zero-order chi connectivity index (χ0) is 26.1. The van der Waals surface area contributed by atoms with Gasteiger partial charge in [-0.25, -0.2) is 0 Å². The molecule has 0 N–H and O–H groups in total. The molecule has 0 aromatic heterocycles. The monoisotopic (exact) mass is 503 g/mol. The lowest BCUT2D eigenvalue weighted by Gasteiger charge is -2.51. The number of anilines is 1. The normalized spacial score (nSPS) is 25.1. The Balaban J connectivity index is 1.26. The van der Waals surface area contributed by atoms with E-state index in [9.17, 15) is 4.79 Å². The van der Waals surface area contributed by atoms with Crippen molar-refractivity contribution in [3.8, 4) is 0 Å². The SMILES string of the molecule is C=C1CCC(=C)N1CC(=O)CCCN1C2=CC=CC(C)C3=C2C2C4=C(CCC=C4Cc4cccc1c42)N3C. The van der Waals surface area contributed by atoms with Gasteiger partial charge in [0.25, 0.3) is 0 Å². The largest absolute Gasteiger partial charge is 0.350 e. The lowest BCUT2D eigenvalue weighted by molar-refractivity contribution is -0.119. The molecule has 0 radical (unpaired) electrons. The average molecular weight is 504 g/mol. The fourth-order valence-electron chi connectivity index (χ4n) is 7.74. The maximum Gasteiger partial charge on any atom is 0.152 e. The molecule has 38 heavy (non-hydrogen) atoms.